The number of ketones is 1. The molecule has 0 heterocycles. The number of methoxy groups -OCH3 is 2. The first-order valence-corrected chi connectivity index (χ1v) is 6.58. The number of nitro groups is 2. The van der Waals surface area contributed by atoms with Gasteiger partial charge in [-0.25, -0.2) is 0 Å². The summed E-state index contributed by atoms with van der Waals surface area (Å²) in [5.74, 6) is -0.0633. The highest BCUT2D eigenvalue weighted by atomic mass is 16.6. The Bertz CT molecular complexity index is 800. The van der Waals surface area contributed by atoms with Crippen molar-refractivity contribution in [1.82, 2.24) is 0 Å². The Labute approximate surface area is 135 Å². The first-order valence-electron chi connectivity index (χ1n) is 6.58. The number of hydrogen-bond acceptors (Lipinski definition) is 7. The number of carbonyl (C=O) groups excluding carboxylic acids is 1. The fraction of sp³-hybridized carbons (Fsp3) is 0.133. The molecular weight excluding hydrogens is 320 g/mol. The first-order chi connectivity index (χ1) is 11.4. The highest BCUT2D eigenvalue weighted by molar-refractivity contribution is 6.11. The van der Waals surface area contributed by atoms with Crippen LogP contribution in [0.2, 0.25) is 0 Å². The minimum Gasteiger partial charge on any atom is -0.497 e. The van der Waals surface area contributed by atoms with Gasteiger partial charge in [0, 0.05) is 17.7 Å². The summed E-state index contributed by atoms with van der Waals surface area (Å²) < 4.78 is 10.1. The van der Waals surface area contributed by atoms with E-state index in [2.05, 4.69) is 0 Å². The maximum atomic E-state index is 12.7. The molecule has 0 radical (unpaired) electrons. The number of hydrogen-bond donors (Lipinski definition) is 0. The Kier molecular flexibility index (Phi) is 4.73. The Morgan fingerprint density at radius 1 is 0.917 bits per heavy atom. The molecule has 0 aromatic heterocycles. The highest BCUT2D eigenvalue weighted by Crippen LogP contribution is 2.29. The third-order valence-corrected chi connectivity index (χ3v) is 3.24. The van der Waals surface area contributed by atoms with Crippen molar-refractivity contribution in [2.45, 2.75) is 0 Å². The van der Waals surface area contributed by atoms with E-state index in [0.717, 1.165) is 18.2 Å². The molecule has 0 aliphatic heterocycles. The summed E-state index contributed by atoms with van der Waals surface area (Å²) in [6.07, 6.45) is 0. The van der Waals surface area contributed by atoms with Crippen molar-refractivity contribution in [2.24, 2.45) is 0 Å². The average molecular weight is 332 g/mol. The van der Waals surface area contributed by atoms with Crippen molar-refractivity contribution >= 4 is 17.2 Å². The quantitative estimate of drug-likeness (QED) is 0.453. The van der Waals surface area contributed by atoms with Crippen LogP contribution in [0.3, 0.4) is 0 Å². The maximum absolute atomic E-state index is 12.7. The number of carbonyl (C=O) groups is 1. The van der Waals surface area contributed by atoms with Crippen LogP contribution in [0.4, 0.5) is 11.4 Å². The van der Waals surface area contributed by atoms with Crippen LogP contribution in [-0.2, 0) is 0 Å². The van der Waals surface area contributed by atoms with Gasteiger partial charge in [0.1, 0.15) is 11.5 Å². The smallest absolute Gasteiger partial charge is 0.277 e. The van der Waals surface area contributed by atoms with Gasteiger partial charge in [-0.3, -0.25) is 25.0 Å². The summed E-state index contributed by atoms with van der Waals surface area (Å²) in [6.45, 7) is 0. The monoisotopic (exact) mass is 332 g/mol. The lowest BCUT2D eigenvalue weighted by Gasteiger charge is -2.09. The number of nitro benzene ring substituents is 2. The maximum Gasteiger partial charge on any atom is 0.277 e. The van der Waals surface area contributed by atoms with E-state index in [-0.39, 0.29) is 16.9 Å². The van der Waals surface area contributed by atoms with Crippen LogP contribution in [0, 0.1) is 20.2 Å². The van der Waals surface area contributed by atoms with Crippen LogP contribution in [0.15, 0.2) is 36.4 Å². The zero-order valence-electron chi connectivity index (χ0n) is 12.7. The van der Waals surface area contributed by atoms with E-state index in [9.17, 15) is 25.0 Å². The molecule has 0 aliphatic carbocycles. The number of nitrogens with zero attached hydrogens (tertiary/aromatic N) is 2. The average Bonchev–Trinajstić information content (AvgIpc) is 2.59. The standard InChI is InChI=1S/C15H12N2O7/c1-23-12-3-4-14(24-2)13(8-12)15(18)9-5-10(16(19)20)7-11(6-9)17(21)22/h3-8H,1-2H3. The second-order valence-corrected chi connectivity index (χ2v) is 4.65. The summed E-state index contributed by atoms with van der Waals surface area (Å²) in [5.41, 5.74) is -1.21. The van der Waals surface area contributed by atoms with Gasteiger partial charge in [0.25, 0.3) is 11.4 Å². The molecule has 24 heavy (non-hydrogen) atoms. The number of ether oxygens (including phenoxy) is 2. The van der Waals surface area contributed by atoms with E-state index in [1.54, 1.807) is 6.07 Å². The predicted molar refractivity (Wildman–Crippen MR) is 82.7 cm³/mol. The summed E-state index contributed by atoms with van der Waals surface area (Å²) in [5, 5.41) is 21.9. The van der Waals surface area contributed by atoms with Crippen molar-refractivity contribution in [3.05, 3.63) is 67.8 Å². The third kappa shape index (κ3) is 3.29. The summed E-state index contributed by atoms with van der Waals surface area (Å²) in [6, 6.07) is 7.22. The molecule has 9 heteroatoms. The number of non-ortho nitro benzene ring substituents is 2. The molecule has 0 saturated heterocycles. The molecule has 0 atom stereocenters. The van der Waals surface area contributed by atoms with Gasteiger partial charge in [-0.15, -0.1) is 0 Å². The second kappa shape index (κ2) is 6.73. The zero-order valence-corrected chi connectivity index (χ0v) is 12.7. The molecule has 9 nitrogen and oxygen atoms in total. The minimum absolute atomic E-state index is 0.0756. The molecule has 0 bridgehead atoms. The number of rotatable bonds is 6. The highest BCUT2D eigenvalue weighted by Gasteiger charge is 2.23. The number of benzene rings is 2. The molecule has 0 amide bonds. The van der Waals surface area contributed by atoms with Crippen molar-refractivity contribution in [2.75, 3.05) is 14.2 Å². The summed E-state index contributed by atoms with van der Waals surface area (Å²) in [4.78, 5) is 32.9. The largest absolute Gasteiger partial charge is 0.497 e. The zero-order chi connectivity index (χ0) is 17.9. The molecule has 0 saturated carbocycles. The van der Waals surface area contributed by atoms with Gasteiger partial charge in [-0.05, 0) is 18.2 Å². The predicted octanol–water partition coefficient (Wildman–Crippen LogP) is 2.75. The fourth-order valence-electron chi connectivity index (χ4n) is 2.08. The molecule has 2 aromatic rings. The summed E-state index contributed by atoms with van der Waals surface area (Å²) >= 11 is 0. The van der Waals surface area contributed by atoms with Crippen LogP contribution in [0.25, 0.3) is 0 Å². The molecule has 124 valence electrons. The van der Waals surface area contributed by atoms with Crippen LogP contribution in [0.1, 0.15) is 15.9 Å². The lowest BCUT2D eigenvalue weighted by Crippen LogP contribution is -2.06. The van der Waals surface area contributed by atoms with E-state index in [1.165, 1.54) is 26.4 Å². The van der Waals surface area contributed by atoms with E-state index < -0.39 is 27.0 Å². The van der Waals surface area contributed by atoms with Gasteiger partial charge >= 0.3 is 0 Å². The second-order valence-electron chi connectivity index (χ2n) is 4.65. The summed E-state index contributed by atoms with van der Waals surface area (Å²) in [7, 11) is 2.77. The minimum atomic E-state index is -0.799. The molecule has 2 aromatic carbocycles. The van der Waals surface area contributed by atoms with Crippen LogP contribution < -0.4 is 9.47 Å². The van der Waals surface area contributed by atoms with Crippen LogP contribution in [0.5, 0.6) is 11.5 Å². The van der Waals surface area contributed by atoms with Crippen molar-refractivity contribution in [3.63, 3.8) is 0 Å². The van der Waals surface area contributed by atoms with E-state index in [4.69, 9.17) is 9.47 Å². The van der Waals surface area contributed by atoms with Gasteiger partial charge in [0.2, 0.25) is 0 Å². The van der Waals surface area contributed by atoms with Crippen molar-refractivity contribution < 1.29 is 24.1 Å². The van der Waals surface area contributed by atoms with Gasteiger partial charge in [-0.2, -0.15) is 0 Å². The molecule has 0 N–H and O–H groups in total. The van der Waals surface area contributed by atoms with Crippen molar-refractivity contribution in [3.8, 4) is 11.5 Å². The van der Waals surface area contributed by atoms with Gasteiger partial charge in [0.05, 0.1) is 35.7 Å². The SMILES string of the molecule is COc1ccc(OC)c(C(=O)c2cc([N+](=O)[O-])cc([N+](=O)[O-])c2)c1. The first kappa shape index (κ1) is 16.9. The normalized spacial score (nSPS) is 10.1. The van der Waals surface area contributed by atoms with Gasteiger partial charge < -0.3 is 9.47 Å². The Hall–Kier alpha value is -3.49. The molecule has 0 spiro atoms. The lowest BCUT2D eigenvalue weighted by atomic mass is 10.0. The van der Waals surface area contributed by atoms with Gasteiger partial charge in [-0.1, -0.05) is 0 Å². The van der Waals surface area contributed by atoms with Crippen LogP contribution >= 0.6 is 0 Å². The van der Waals surface area contributed by atoms with Crippen molar-refractivity contribution in [1.29, 1.82) is 0 Å². The van der Waals surface area contributed by atoms with Crippen LogP contribution in [-0.4, -0.2) is 29.8 Å². The van der Waals surface area contributed by atoms with E-state index in [1.807, 2.05) is 0 Å². The Morgan fingerprint density at radius 3 is 1.96 bits per heavy atom. The molecule has 2 rings (SSSR count). The molecule has 0 aliphatic rings. The Balaban J connectivity index is 2.61. The molecule has 0 unspecified atom stereocenters. The lowest BCUT2D eigenvalue weighted by molar-refractivity contribution is -0.394. The topological polar surface area (TPSA) is 122 Å². The van der Waals surface area contributed by atoms with E-state index >= 15 is 0 Å². The molecule has 0 fully saturated rings. The van der Waals surface area contributed by atoms with Gasteiger partial charge in [0.15, 0.2) is 5.78 Å². The van der Waals surface area contributed by atoms with E-state index in [0.29, 0.717) is 5.75 Å². The molecular formula is C15H12N2O7. The Morgan fingerprint density at radius 2 is 1.50 bits per heavy atom. The fourth-order valence-corrected chi connectivity index (χ4v) is 2.08. The third-order valence-electron chi connectivity index (χ3n) is 3.24.